The number of amides is 1. The maximum atomic E-state index is 13.5. The Balaban J connectivity index is 1.51. The summed E-state index contributed by atoms with van der Waals surface area (Å²) in [6.45, 7) is 4.48. The van der Waals surface area contributed by atoms with E-state index in [1.165, 1.54) is 11.8 Å². The molecule has 35 heavy (non-hydrogen) atoms. The van der Waals surface area contributed by atoms with Crippen LogP contribution in [0.5, 0.6) is 0 Å². The van der Waals surface area contributed by atoms with Crippen molar-refractivity contribution in [3.8, 4) is 0 Å². The maximum absolute atomic E-state index is 13.5. The number of nitrogens with one attached hydrogen (secondary N) is 1. The molecule has 0 bridgehead atoms. The fraction of sp³-hybridized carbons (Fsp3) is 0.207. The molecule has 0 aliphatic carbocycles. The normalized spacial score (nSPS) is 15.9. The van der Waals surface area contributed by atoms with Crippen molar-refractivity contribution in [2.45, 2.75) is 32.7 Å². The molecule has 2 aromatic carbocycles. The number of pyridine rings is 1. The zero-order valence-corrected chi connectivity index (χ0v) is 19.8. The van der Waals surface area contributed by atoms with Gasteiger partial charge < -0.3 is 15.0 Å². The van der Waals surface area contributed by atoms with Gasteiger partial charge in [-0.2, -0.15) is 0 Å². The van der Waals surface area contributed by atoms with Crippen LogP contribution in [0.1, 0.15) is 45.6 Å². The molecular formula is C29H27N3O3. The largest absolute Gasteiger partial charge is 0.503 e. The van der Waals surface area contributed by atoms with Gasteiger partial charge in [-0.25, -0.2) is 0 Å². The van der Waals surface area contributed by atoms with Crippen LogP contribution in [0.4, 0.5) is 0 Å². The average Bonchev–Trinajstić information content (AvgIpc) is 3.40. The van der Waals surface area contributed by atoms with Crippen molar-refractivity contribution in [2.75, 3.05) is 6.54 Å². The lowest BCUT2D eigenvalue weighted by Crippen LogP contribution is -2.33. The minimum absolute atomic E-state index is 0.0989. The number of carbonyl (C=O) groups is 2. The van der Waals surface area contributed by atoms with E-state index >= 15 is 0 Å². The number of aliphatic hydroxyl groups excluding tert-OH is 1. The van der Waals surface area contributed by atoms with Gasteiger partial charge in [0.2, 0.25) is 0 Å². The van der Waals surface area contributed by atoms with Gasteiger partial charge in [-0.05, 0) is 60.2 Å². The maximum Gasteiger partial charge on any atom is 0.290 e. The average molecular weight is 466 g/mol. The van der Waals surface area contributed by atoms with Gasteiger partial charge >= 0.3 is 0 Å². The second-order valence-electron chi connectivity index (χ2n) is 8.94. The quantitative estimate of drug-likeness (QED) is 0.365. The second-order valence-corrected chi connectivity index (χ2v) is 8.94. The molecule has 2 aromatic heterocycles. The van der Waals surface area contributed by atoms with Crippen molar-refractivity contribution in [1.82, 2.24) is 14.9 Å². The van der Waals surface area contributed by atoms with Gasteiger partial charge in [0.1, 0.15) is 0 Å². The number of hydrogen-bond acceptors (Lipinski definition) is 4. The summed E-state index contributed by atoms with van der Waals surface area (Å²) < 4.78 is 0. The van der Waals surface area contributed by atoms with E-state index < -0.39 is 23.5 Å². The molecule has 1 amide bonds. The molecule has 1 unspecified atom stereocenters. The number of carbonyl (C=O) groups excluding carboxylic acids is 2. The van der Waals surface area contributed by atoms with E-state index in [1.807, 2.05) is 37.4 Å². The number of hydrogen-bond donors (Lipinski definition) is 2. The number of nitrogens with zero attached hydrogens (tertiary/aromatic N) is 2. The van der Waals surface area contributed by atoms with Crippen LogP contribution in [0.3, 0.4) is 0 Å². The van der Waals surface area contributed by atoms with Crippen LogP contribution >= 0.6 is 0 Å². The number of aliphatic hydroxyl groups is 1. The predicted octanol–water partition coefficient (Wildman–Crippen LogP) is 5.25. The van der Waals surface area contributed by atoms with E-state index in [2.05, 4.69) is 35.1 Å². The lowest BCUT2D eigenvalue weighted by molar-refractivity contribution is -0.129. The van der Waals surface area contributed by atoms with Crippen LogP contribution in [0, 0.1) is 6.92 Å². The first kappa shape index (κ1) is 22.6. The third-order valence-electron chi connectivity index (χ3n) is 6.72. The van der Waals surface area contributed by atoms with Crippen LogP contribution < -0.4 is 0 Å². The molecule has 0 radical (unpaired) electrons. The Kier molecular flexibility index (Phi) is 5.95. The summed E-state index contributed by atoms with van der Waals surface area (Å²) in [5.41, 5.74) is 5.69. The molecule has 6 nitrogen and oxygen atoms in total. The highest BCUT2D eigenvalue weighted by Gasteiger charge is 2.43. The fourth-order valence-electron chi connectivity index (χ4n) is 4.80. The first-order valence-corrected chi connectivity index (χ1v) is 11.8. The smallest absolute Gasteiger partial charge is 0.290 e. The monoisotopic (exact) mass is 465 g/mol. The van der Waals surface area contributed by atoms with Gasteiger partial charge in [0.25, 0.3) is 5.91 Å². The number of ketones is 1. The molecule has 2 N–H and O–H groups in total. The van der Waals surface area contributed by atoms with Crippen LogP contribution in [-0.2, 0) is 17.6 Å². The SMILES string of the molecule is CCc1ccc(C2C(C(=O)c3cccnc3)=C(O)C(=O)N2CCc2c[nH]c3cc(C)ccc23)cc1. The number of aryl methyl sites for hydroxylation is 2. The van der Waals surface area contributed by atoms with Crippen molar-refractivity contribution < 1.29 is 14.7 Å². The predicted molar refractivity (Wildman–Crippen MR) is 135 cm³/mol. The van der Waals surface area contributed by atoms with Gasteiger partial charge in [-0.1, -0.05) is 43.3 Å². The second kappa shape index (κ2) is 9.22. The van der Waals surface area contributed by atoms with Crippen molar-refractivity contribution in [1.29, 1.82) is 0 Å². The fourth-order valence-corrected chi connectivity index (χ4v) is 4.80. The summed E-state index contributed by atoms with van der Waals surface area (Å²) in [4.78, 5) is 35.7. The van der Waals surface area contributed by atoms with E-state index in [0.29, 0.717) is 18.5 Å². The lowest BCUT2D eigenvalue weighted by atomic mass is 9.92. The molecule has 0 spiro atoms. The molecule has 6 heteroatoms. The summed E-state index contributed by atoms with van der Waals surface area (Å²) in [5.74, 6) is -1.41. The summed E-state index contributed by atoms with van der Waals surface area (Å²) in [7, 11) is 0. The highest BCUT2D eigenvalue weighted by molar-refractivity contribution is 6.16. The van der Waals surface area contributed by atoms with Gasteiger partial charge in [0.15, 0.2) is 11.5 Å². The van der Waals surface area contributed by atoms with E-state index in [9.17, 15) is 14.7 Å². The van der Waals surface area contributed by atoms with Gasteiger partial charge in [0.05, 0.1) is 11.6 Å². The molecule has 1 atom stereocenters. The molecule has 0 saturated carbocycles. The summed E-state index contributed by atoms with van der Waals surface area (Å²) >= 11 is 0. The molecule has 4 aromatic rings. The highest BCUT2D eigenvalue weighted by Crippen LogP contribution is 2.39. The Bertz CT molecular complexity index is 1440. The Morgan fingerprint density at radius 1 is 1.14 bits per heavy atom. The van der Waals surface area contributed by atoms with E-state index in [4.69, 9.17) is 0 Å². The molecule has 5 rings (SSSR count). The summed E-state index contributed by atoms with van der Waals surface area (Å²) in [6.07, 6.45) is 6.47. The van der Waals surface area contributed by atoms with Crippen LogP contribution in [0.25, 0.3) is 10.9 Å². The molecular weight excluding hydrogens is 438 g/mol. The Hall–Kier alpha value is -4.19. The standard InChI is InChI=1S/C29H27N3O3/c1-3-19-7-9-20(10-8-19)26-25(27(33)22-5-4-13-30-16-22)28(34)29(35)32(26)14-12-21-17-31-24-15-18(2)6-11-23(21)24/h4-11,13,15-17,26,31,34H,3,12,14H2,1-2H3. The summed E-state index contributed by atoms with van der Waals surface area (Å²) in [5, 5.41) is 12.0. The van der Waals surface area contributed by atoms with E-state index in [-0.39, 0.29) is 5.57 Å². The number of Topliss-reactive ketones (excluding diaryl/α,β-unsaturated/α-hetero) is 1. The Morgan fingerprint density at radius 2 is 1.94 bits per heavy atom. The van der Waals surface area contributed by atoms with Crippen molar-refractivity contribution in [2.24, 2.45) is 0 Å². The van der Waals surface area contributed by atoms with Gasteiger partial charge in [-0.3, -0.25) is 14.6 Å². The first-order valence-electron chi connectivity index (χ1n) is 11.8. The molecule has 0 saturated heterocycles. The topological polar surface area (TPSA) is 86.3 Å². The Morgan fingerprint density at radius 3 is 2.66 bits per heavy atom. The lowest BCUT2D eigenvalue weighted by Gasteiger charge is -2.27. The minimum Gasteiger partial charge on any atom is -0.503 e. The third kappa shape index (κ3) is 4.12. The first-order chi connectivity index (χ1) is 17.0. The molecule has 1 aliphatic heterocycles. The number of H-pyrrole nitrogens is 1. The summed E-state index contributed by atoms with van der Waals surface area (Å²) in [6, 6.07) is 16.8. The molecule has 0 fully saturated rings. The van der Waals surface area contributed by atoms with Crippen LogP contribution in [0.2, 0.25) is 0 Å². The zero-order valence-electron chi connectivity index (χ0n) is 19.8. The number of fused-ring (bicyclic) bond motifs is 1. The highest BCUT2D eigenvalue weighted by atomic mass is 16.3. The minimum atomic E-state index is -0.673. The van der Waals surface area contributed by atoms with E-state index in [1.54, 1.807) is 23.2 Å². The number of benzene rings is 2. The van der Waals surface area contributed by atoms with Crippen molar-refractivity contribution in [3.05, 3.63) is 112 Å². The van der Waals surface area contributed by atoms with Crippen LogP contribution in [0.15, 0.2) is 84.5 Å². The molecule has 3 heterocycles. The Labute approximate surface area is 203 Å². The van der Waals surface area contributed by atoms with Crippen molar-refractivity contribution >= 4 is 22.6 Å². The van der Waals surface area contributed by atoms with E-state index in [0.717, 1.165) is 34.0 Å². The number of rotatable bonds is 7. The van der Waals surface area contributed by atoms with Crippen molar-refractivity contribution in [3.63, 3.8) is 0 Å². The molecule has 1 aliphatic rings. The number of aromatic amines is 1. The zero-order chi connectivity index (χ0) is 24.5. The molecule has 176 valence electrons. The van der Waals surface area contributed by atoms with Crippen LogP contribution in [-0.4, -0.2) is 38.2 Å². The van der Waals surface area contributed by atoms with Gasteiger partial charge in [-0.15, -0.1) is 0 Å². The number of aromatic nitrogens is 2. The van der Waals surface area contributed by atoms with Gasteiger partial charge in [0, 0.05) is 41.6 Å². The third-order valence-corrected chi connectivity index (χ3v) is 6.72.